The van der Waals surface area contributed by atoms with Crippen LogP contribution < -0.4 is 10.6 Å². The Morgan fingerprint density at radius 2 is 1.86 bits per heavy atom. The van der Waals surface area contributed by atoms with Crippen LogP contribution in [-0.4, -0.2) is 12.5 Å². The minimum atomic E-state index is -0.0591. The zero-order chi connectivity index (χ0) is 15.4. The van der Waals surface area contributed by atoms with Crippen LogP contribution in [0.3, 0.4) is 0 Å². The second kappa shape index (κ2) is 6.76. The van der Waals surface area contributed by atoms with Crippen molar-refractivity contribution in [1.29, 1.82) is 0 Å². The lowest BCUT2D eigenvalue weighted by Gasteiger charge is -2.12. The molecule has 2 rings (SSSR count). The molecule has 2 aromatic rings. The summed E-state index contributed by atoms with van der Waals surface area (Å²) in [6, 6.07) is 11.9. The van der Waals surface area contributed by atoms with E-state index in [0.717, 1.165) is 21.4 Å². The van der Waals surface area contributed by atoms with Gasteiger partial charge in [-0.05, 0) is 71.6 Å². The zero-order valence-corrected chi connectivity index (χ0v) is 14.0. The van der Waals surface area contributed by atoms with Crippen molar-refractivity contribution in [2.45, 2.75) is 20.8 Å². The lowest BCUT2D eigenvalue weighted by Crippen LogP contribution is -2.22. The third-order valence-corrected chi connectivity index (χ3v) is 4.10. The van der Waals surface area contributed by atoms with E-state index in [1.807, 2.05) is 57.2 Å². The molecule has 0 aliphatic carbocycles. The van der Waals surface area contributed by atoms with Crippen molar-refractivity contribution in [3.63, 3.8) is 0 Å². The standard InChI is InChI=1S/C17H19BrN2O/c1-11-7-8-16(14(18)9-11)19-10-17(21)20-15-6-4-5-12(2)13(15)3/h4-9,19H,10H2,1-3H3,(H,20,21). The van der Waals surface area contributed by atoms with Crippen molar-refractivity contribution in [1.82, 2.24) is 0 Å². The molecule has 0 aliphatic rings. The van der Waals surface area contributed by atoms with Gasteiger partial charge in [-0.2, -0.15) is 0 Å². The van der Waals surface area contributed by atoms with Crippen LogP contribution in [0.25, 0.3) is 0 Å². The molecule has 0 spiro atoms. The number of anilines is 2. The van der Waals surface area contributed by atoms with Gasteiger partial charge in [0.25, 0.3) is 0 Å². The molecule has 0 fully saturated rings. The number of hydrogen-bond donors (Lipinski definition) is 2. The quantitative estimate of drug-likeness (QED) is 0.859. The average molecular weight is 347 g/mol. The predicted octanol–water partition coefficient (Wildman–Crippen LogP) is 4.42. The molecule has 0 heterocycles. The number of benzene rings is 2. The van der Waals surface area contributed by atoms with Crippen LogP contribution >= 0.6 is 15.9 Å². The van der Waals surface area contributed by atoms with E-state index in [9.17, 15) is 4.79 Å². The van der Waals surface area contributed by atoms with Gasteiger partial charge in [0.2, 0.25) is 5.91 Å². The average Bonchev–Trinajstić information content (AvgIpc) is 2.43. The van der Waals surface area contributed by atoms with Crippen LogP contribution in [0.15, 0.2) is 40.9 Å². The Kier molecular flexibility index (Phi) is 5.02. The maximum atomic E-state index is 12.0. The summed E-state index contributed by atoms with van der Waals surface area (Å²) in [5.41, 5.74) is 5.22. The normalized spacial score (nSPS) is 10.3. The molecular formula is C17H19BrN2O. The number of rotatable bonds is 4. The maximum absolute atomic E-state index is 12.0. The fourth-order valence-corrected chi connectivity index (χ4v) is 2.65. The van der Waals surface area contributed by atoms with Gasteiger partial charge < -0.3 is 10.6 Å². The minimum Gasteiger partial charge on any atom is -0.375 e. The van der Waals surface area contributed by atoms with E-state index in [1.54, 1.807) is 0 Å². The summed E-state index contributed by atoms with van der Waals surface area (Å²) in [4.78, 5) is 12.0. The Morgan fingerprint density at radius 3 is 2.57 bits per heavy atom. The fraction of sp³-hybridized carbons (Fsp3) is 0.235. The molecule has 0 aliphatic heterocycles. The first-order chi connectivity index (χ1) is 9.97. The Balaban J connectivity index is 1.97. The topological polar surface area (TPSA) is 41.1 Å². The van der Waals surface area contributed by atoms with Crippen LogP contribution in [0, 0.1) is 20.8 Å². The first kappa shape index (κ1) is 15.6. The molecule has 4 heteroatoms. The van der Waals surface area contributed by atoms with Crippen LogP contribution in [0.4, 0.5) is 11.4 Å². The number of hydrogen-bond acceptors (Lipinski definition) is 2. The molecule has 3 nitrogen and oxygen atoms in total. The highest BCUT2D eigenvalue weighted by atomic mass is 79.9. The Hall–Kier alpha value is -1.81. The van der Waals surface area contributed by atoms with E-state index < -0.39 is 0 Å². The summed E-state index contributed by atoms with van der Waals surface area (Å²) in [7, 11) is 0. The van der Waals surface area contributed by atoms with Crippen molar-refractivity contribution in [3.05, 3.63) is 57.6 Å². The highest BCUT2D eigenvalue weighted by Crippen LogP contribution is 2.23. The van der Waals surface area contributed by atoms with Crippen molar-refractivity contribution in [3.8, 4) is 0 Å². The van der Waals surface area contributed by atoms with Crippen LogP contribution in [0.5, 0.6) is 0 Å². The van der Waals surface area contributed by atoms with Crippen molar-refractivity contribution >= 4 is 33.2 Å². The zero-order valence-electron chi connectivity index (χ0n) is 12.5. The van der Waals surface area contributed by atoms with Crippen molar-refractivity contribution < 1.29 is 4.79 Å². The molecule has 2 N–H and O–H groups in total. The van der Waals surface area contributed by atoms with Gasteiger partial charge in [-0.3, -0.25) is 4.79 Å². The molecule has 0 saturated heterocycles. The lowest BCUT2D eigenvalue weighted by molar-refractivity contribution is -0.114. The van der Waals surface area contributed by atoms with Gasteiger partial charge in [0, 0.05) is 15.8 Å². The Morgan fingerprint density at radius 1 is 1.10 bits per heavy atom. The van der Waals surface area contributed by atoms with Crippen LogP contribution in [-0.2, 0) is 4.79 Å². The van der Waals surface area contributed by atoms with Gasteiger partial charge in [0.15, 0.2) is 0 Å². The fourth-order valence-electron chi connectivity index (χ4n) is 2.02. The third kappa shape index (κ3) is 4.08. The number of nitrogens with one attached hydrogen (secondary N) is 2. The molecule has 0 saturated carbocycles. The van der Waals surface area contributed by atoms with Gasteiger partial charge in [0.05, 0.1) is 6.54 Å². The summed E-state index contributed by atoms with van der Waals surface area (Å²) in [6.45, 7) is 6.30. The molecule has 1 amide bonds. The molecule has 0 radical (unpaired) electrons. The predicted molar refractivity (Wildman–Crippen MR) is 91.9 cm³/mol. The molecule has 0 atom stereocenters. The Labute approximate surface area is 133 Å². The van der Waals surface area contributed by atoms with E-state index in [1.165, 1.54) is 11.1 Å². The van der Waals surface area contributed by atoms with Gasteiger partial charge in [-0.15, -0.1) is 0 Å². The molecule has 2 aromatic carbocycles. The highest BCUT2D eigenvalue weighted by Gasteiger charge is 2.07. The van der Waals surface area contributed by atoms with Crippen LogP contribution in [0.1, 0.15) is 16.7 Å². The van der Waals surface area contributed by atoms with E-state index in [4.69, 9.17) is 0 Å². The third-order valence-electron chi connectivity index (χ3n) is 3.44. The molecule has 110 valence electrons. The summed E-state index contributed by atoms with van der Waals surface area (Å²) in [6.07, 6.45) is 0. The van der Waals surface area contributed by atoms with E-state index in [-0.39, 0.29) is 12.5 Å². The SMILES string of the molecule is Cc1ccc(NCC(=O)Nc2cccc(C)c2C)c(Br)c1. The Bertz CT molecular complexity index is 668. The number of aryl methyl sites for hydroxylation is 2. The van der Waals surface area contributed by atoms with Crippen molar-refractivity contribution in [2.24, 2.45) is 0 Å². The number of amides is 1. The molecule has 0 unspecified atom stereocenters. The van der Waals surface area contributed by atoms with Gasteiger partial charge in [-0.1, -0.05) is 18.2 Å². The number of halogens is 1. The molecular weight excluding hydrogens is 328 g/mol. The molecule has 21 heavy (non-hydrogen) atoms. The first-order valence-electron chi connectivity index (χ1n) is 6.83. The number of carbonyl (C=O) groups is 1. The monoisotopic (exact) mass is 346 g/mol. The second-order valence-corrected chi connectivity index (χ2v) is 5.99. The molecule has 0 aromatic heterocycles. The van der Waals surface area contributed by atoms with E-state index in [0.29, 0.717) is 0 Å². The summed E-state index contributed by atoms with van der Waals surface area (Å²) < 4.78 is 0.960. The van der Waals surface area contributed by atoms with Gasteiger partial charge >= 0.3 is 0 Å². The summed E-state index contributed by atoms with van der Waals surface area (Å²) in [5.74, 6) is -0.0591. The summed E-state index contributed by atoms with van der Waals surface area (Å²) >= 11 is 3.49. The van der Waals surface area contributed by atoms with Gasteiger partial charge in [-0.25, -0.2) is 0 Å². The van der Waals surface area contributed by atoms with E-state index in [2.05, 4.69) is 26.6 Å². The van der Waals surface area contributed by atoms with Gasteiger partial charge in [0.1, 0.15) is 0 Å². The number of carbonyl (C=O) groups excluding carboxylic acids is 1. The highest BCUT2D eigenvalue weighted by molar-refractivity contribution is 9.10. The van der Waals surface area contributed by atoms with E-state index >= 15 is 0 Å². The van der Waals surface area contributed by atoms with Crippen LogP contribution in [0.2, 0.25) is 0 Å². The minimum absolute atomic E-state index is 0.0591. The smallest absolute Gasteiger partial charge is 0.243 e. The first-order valence-corrected chi connectivity index (χ1v) is 7.63. The summed E-state index contributed by atoms with van der Waals surface area (Å²) in [5, 5.41) is 6.07. The maximum Gasteiger partial charge on any atom is 0.243 e. The largest absolute Gasteiger partial charge is 0.375 e. The molecule has 0 bridgehead atoms. The second-order valence-electron chi connectivity index (χ2n) is 5.13. The lowest BCUT2D eigenvalue weighted by atomic mass is 10.1. The van der Waals surface area contributed by atoms with Crippen molar-refractivity contribution in [2.75, 3.05) is 17.2 Å².